The van der Waals surface area contributed by atoms with E-state index in [2.05, 4.69) is 5.32 Å². The van der Waals surface area contributed by atoms with Gasteiger partial charge in [-0.3, -0.25) is 4.79 Å². The van der Waals surface area contributed by atoms with Crippen LogP contribution < -0.4 is 5.32 Å². The van der Waals surface area contributed by atoms with Crippen LogP contribution in [0.5, 0.6) is 0 Å². The van der Waals surface area contributed by atoms with Gasteiger partial charge in [0.2, 0.25) is 5.91 Å². The molecule has 0 aromatic heterocycles. The maximum absolute atomic E-state index is 11.6. The van der Waals surface area contributed by atoms with Crippen LogP contribution in [0.25, 0.3) is 0 Å². The van der Waals surface area contributed by atoms with Crippen molar-refractivity contribution in [3.8, 4) is 0 Å². The minimum Gasteiger partial charge on any atom is -0.356 e. The van der Waals surface area contributed by atoms with E-state index in [1.807, 2.05) is 6.92 Å². The number of sulfone groups is 1. The minimum atomic E-state index is -3.21. The largest absolute Gasteiger partial charge is 0.356 e. The van der Waals surface area contributed by atoms with Gasteiger partial charge in [-0.1, -0.05) is 25.1 Å². The quantitative estimate of drug-likeness (QED) is 0.852. The summed E-state index contributed by atoms with van der Waals surface area (Å²) in [5, 5.41) is 2.78. The lowest BCUT2D eigenvalue weighted by molar-refractivity contribution is -0.121. The highest BCUT2D eigenvalue weighted by atomic mass is 32.2. The summed E-state index contributed by atoms with van der Waals surface area (Å²) >= 11 is 0. The second-order valence-corrected chi connectivity index (χ2v) is 6.21. The van der Waals surface area contributed by atoms with E-state index in [0.29, 0.717) is 24.3 Å². The van der Waals surface area contributed by atoms with Gasteiger partial charge in [-0.05, 0) is 24.5 Å². The Hall–Kier alpha value is -1.36. The summed E-state index contributed by atoms with van der Waals surface area (Å²) in [6, 6.07) is 6.88. The van der Waals surface area contributed by atoms with Crippen LogP contribution >= 0.6 is 0 Å². The molecule has 0 spiro atoms. The van der Waals surface area contributed by atoms with Gasteiger partial charge in [-0.2, -0.15) is 0 Å². The number of carbonyl (C=O) groups excluding carboxylic acids is 1. The summed E-state index contributed by atoms with van der Waals surface area (Å²) in [6.07, 6.45) is 3.04. The van der Waals surface area contributed by atoms with Crippen molar-refractivity contribution in [3.05, 3.63) is 29.8 Å². The maximum Gasteiger partial charge on any atom is 0.219 e. The van der Waals surface area contributed by atoms with Gasteiger partial charge in [0.15, 0.2) is 9.84 Å². The fourth-order valence-corrected chi connectivity index (χ4v) is 2.70. The van der Waals surface area contributed by atoms with Crippen molar-refractivity contribution in [1.29, 1.82) is 0 Å². The molecule has 100 valence electrons. The van der Waals surface area contributed by atoms with Gasteiger partial charge in [0, 0.05) is 19.2 Å². The van der Waals surface area contributed by atoms with Crippen LogP contribution in [0.4, 0.5) is 0 Å². The Morgan fingerprint density at radius 1 is 1.28 bits per heavy atom. The molecule has 0 radical (unpaired) electrons. The molecule has 1 aromatic carbocycles. The van der Waals surface area contributed by atoms with E-state index in [9.17, 15) is 13.2 Å². The van der Waals surface area contributed by atoms with Gasteiger partial charge >= 0.3 is 0 Å². The Labute approximate surface area is 108 Å². The van der Waals surface area contributed by atoms with E-state index in [-0.39, 0.29) is 5.91 Å². The SMILES string of the molecule is CCCC(=O)NCCc1ccccc1S(C)(=O)=O. The molecule has 0 fully saturated rings. The molecule has 4 nitrogen and oxygen atoms in total. The summed E-state index contributed by atoms with van der Waals surface area (Å²) in [5.74, 6) is 0.00865. The van der Waals surface area contributed by atoms with Crippen molar-refractivity contribution in [2.24, 2.45) is 0 Å². The first kappa shape index (κ1) is 14.7. The van der Waals surface area contributed by atoms with E-state index >= 15 is 0 Å². The van der Waals surface area contributed by atoms with E-state index < -0.39 is 9.84 Å². The molecule has 0 aliphatic heterocycles. The van der Waals surface area contributed by atoms with Crippen LogP contribution in [0, 0.1) is 0 Å². The second kappa shape index (κ2) is 6.54. The zero-order valence-electron chi connectivity index (χ0n) is 10.8. The highest BCUT2D eigenvalue weighted by Crippen LogP contribution is 2.15. The number of benzene rings is 1. The molecule has 1 N–H and O–H groups in total. The van der Waals surface area contributed by atoms with Crippen molar-refractivity contribution in [2.75, 3.05) is 12.8 Å². The average molecular weight is 269 g/mol. The molecule has 0 saturated carbocycles. The van der Waals surface area contributed by atoms with Gasteiger partial charge < -0.3 is 5.32 Å². The summed E-state index contributed by atoms with van der Waals surface area (Å²) in [5.41, 5.74) is 0.747. The van der Waals surface area contributed by atoms with Crippen molar-refractivity contribution >= 4 is 15.7 Å². The van der Waals surface area contributed by atoms with Crippen LogP contribution in [0.2, 0.25) is 0 Å². The molecule has 5 heteroatoms. The second-order valence-electron chi connectivity index (χ2n) is 4.23. The molecule has 1 amide bonds. The average Bonchev–Trinajstić information content (AvgIpc) is 2.28. The third kappa shape index (κ3) is 4.49. The van der Waals surface area contributed by atoms with Gasteiger partial charge in [-0.15, -0.1) is 0 Å². The Balaban J connectivity index is 2.66. The summed E-state index contributed by atoms with van der Waals surface area (Å²) in [7, 11) is -3.21. The number of rotatable bonds is 6. The molecule has 0 unspecified atom stereocenters. The maximum atomic E-state index is 11.6. The normalized spacial score (nSPS) is 11.2. The van der Waals surface area contributed by atoms with Gasteiger partial charge in [0.1, 0.15) is 0 Å². The smallest absolute Gasteiger partial charge is 0.219 e. The Morgan fingerprint density at radius 3 is 2.56 bits per heavy atom. The molecule has 0 aliphatic carbocycles. The monoisotopic (exact) mass is 269 g/mol. The minimum absolute atomic E-state index is 0.00865. The Morgan fingerprint density at radius 2 is 1.94 bits per heavy atom. The van der Waals surface area contributed by atoms with E-state index in [4.69, 9.17) is 0 Å². The molecule has 0 bridgehead atoms. The Kier molecular flexibility index (Phi) is 5.34. The predicted octanol–water partition coefficient (Wildman–Crippen LogP) is 1.55. The lowest BCUT2D eigenvalue weighted by atomic mass is 10.1. The number of hydrogen-bond acceptors (Lipinski definition) is 3. The predicted molar refractivity (Wildman–Crippen MR) is 71.2 cm³/mol. The lowest BCUT2D eigenvalue weighted by Crippen LogP contribution is -2.25. The van der Waals surface area contributed by atoms with Gasteiger partial charge in [0.25, 0.3) is 0 Å². The molecule has 0 atom stereocenters. The summed E-state index contributed by atoms with van der Waals surface area (Å²) in [4.78, 5) is 11.6. The molecular formula is C13H19NO3S. The molecular weight excluding hydrogens is 250 g/mol. The van der Waals surface area contributed by atoms with Crippen LogP contribution in [-0.4, -0.2) is 27.1 Å². The number of amides is 1. The molecule has 1 rings (SSSR count). The first-order chi connectivity index (χ1) is 8.45. The highest BCUT2D eigenvalue weighted by molar-refractivity contribution is 7.90. The van der Waals surface area contributed by atoms with Crippen LogP contribution in [0.3, 0.4) is 0 Å². The van der Waals surface area contributed by atoms with Crippen molar-refractivity contribution < 1.29 is 13.2 Å². The van der Waals surface area contributed by atoms with Crippen LogP contribution in [-0.2, 0) is 21.1 Å². The fourth-order valence-electron chi connectivity index (χ4n) is 1.72. The Bertz CT molecular complexity index is 509. The van der Waals surface area contributed by atoms with E-state index in [1.54, 1.807) is 24.3 Å². The van der Waals surface area contributed by atoms with Crippen molar-refractivity contribution in [3.63, 3.8) is 0 Å². The molecule has 0 saturated heterocycles. The number of nitrogens with one attached hydrogen (secondary N) is 1. The number of carbonyl (C=O) groups is 1. The topological polar surface area (TPSA) is 63.2 Å². The van der Waals surface area contributed by atoms with Crippen molar-refractivity contribution in [2.45, 2.75) is 31.1 Å². The lowest BCUT2D eigenvalue weighted by Gasteiger charge is -2.08. The first-order valence-electron chi connectivity index (χ1n) is 5.99. The van der Waals surface area contributed by atoms with Crippen LogP contribution in [0.1, 0.15) is 25.3 Å². The standard InChI is InChI=1S/C13H19NO3S/c1-3-6-13(15)14-10-9-11-7-4-5-8-12(11)18(2,16)17/h4-5,7-8H,3,6,9-10H2,1-2H3,(H,14,15). The van der Waals surface area contributed by atoms with Gasteiger partial charge in [-0.25, -0.2) is 8.42 Å². The summed E-state index contributed by atoms with van der Waals surface area (Å²) < 4.78 is 23.1. The summed E-state index contributed by atoms with van der Waals surface area (Å²) in [6.45, 7) is 2.41. The fraction of sp³-hybridized carbons (Fsp3) is 0.462. The van der Waals surface area contributed by atoms with Crippen LogP contribution in [0.15, 0.2) is 29.2 Å². The third-order valence-corrected chi connectivity index (χ3v) is 3.76. The molecule has 0 heterocycles. The van der Waals surface area contributed by atoms with E-state index in [1.165, 1.54) is 6.26 Å². The zero-order chi connectivity index (χ0) is 13.6. The van der Waals surface area contributed by atoms with Gasteiger partial charge in [0.05, 0.1) is 4.90 Å². The highest BCUT2D eigenvalue weighted by Gasteiger charge is 2.12. The number of hydrogen-bond donors (Lipinski definition) is 1. The molecule has 0 aliphatic rings. The molecule has 1 aromatic rings. The first-order valence-corrected chi connectivity index (χ1v) is 7.89. The third-order valence-electron chi connectivity index (χ3n) is 2.57. The van der Waals surface area contributed by atoms with Crippen molar-refractivity contribution in [1.82, 2.24) is 5.32 Å². The zero-order valence-corrected chi connectivity index (χ0v) is 11.6. The molecule has 18 heavy (non-hydrogen) atoms. The van der Waals surface area contributed by atoms with E-state index in [0.717, 1.165) is 12.0 Å².